The Hall–Kier alpha value is -4.16. The van der Waals surface area contributed by atoms with Crippen LogP contribution in [0.4, 0.5) is 0 Å². The maximum atomic E-state index is 13.8. The number of nitrogens with zero attached hydrogens (tertiary/aromatic N) is 1. The monoisotopic (exact) mass is 564 g/mol. The number of fused-ring (bicyclic) bond motifs is 1. The molecule has 3 N–H and O–H groups in total. The van der Waals surface area contributed by atoms with Crippen molar-refractivity contribution in [3.63, 3.8) is 0 Å². The predicted octanol–water partition coefficient (Wildman–Crippen LogP) is 5.82. The van der Waals surface area contributed by atoms with E-state index in [2.05, 4.69) is 30.1 Å². The number of carboxylic acid groups (broad SMARTS) is 1. The fourth-order valence-corrected chi connectivity index (χ4v) is 6.31. The molecule has 0 unspecified atom stereocenters. The number of likely N-dealkylation sites (tertiary alicyclic amines) is 1. The summed E-state index contributed by atoms with van der Waals surface area (Å²) in [5, 5.41) is 25.2. The molecule has 0 bridgehead atoms. The number of benzene rings is 4. The number of phenolic OH excluding ortho intramolecular Hbond substituents is 1. The van der Waals surface area contributed by atoms with E-state index in [0.717, 1.165) is 47.0 Å². The van der Waals surface area contributed by atoms with Crippen molar-refractivity contribution >= 4 is 22.6 Å². The van der Waals surface area contributed by atoms with Gasteiger partial charge in [-0.3, -0.25) is 4.79 Å². The molecule has 218 valence electrons. The normalized spacial score (nSPS) is 20.6. The van der Waals surface area contributed by atoms with E-state index in [1.54, 1.807) is 6.07 Å². The third-order valence-electron chi connectivity index (χ3n) is 9.12. The van der Waals surface area contributed by atoms with Gasteiger partial charge in [0, 0.05) is 19.5 Å². The Bertz CT molecular complexity index is 1540. The number of carboxylic acids is 1. The van der Waals surface area contributed by atoms with Gasteiger partial charge < -0.3 is 20.4 Å². The van der Waals surface area contributed by atoms with E-state index in [-0.39, 0.29) is 23.5 Å². The van der Waals surface area contributed by atoms with E-state index in [1.165, 1.54) is 0 Å². The molecular weight excluding hydrogens is 524 g/mol. The Labute approximate surface area is 248 Å². The summed E-state index contributed by atoms with van der Waals surface area (Å²) in [5.74, 6) is -1.10. The van der Waals surface area contributed by atoms with Crippen LogP contribution in [0.1, 0.15) is 37.0 Å². The number of aliphatic carboxylic acids is 1. The highest BCUT2D eigenvalue weighted by Gasteiger charge is 2.39. The Morgan fingerprint density at radius 3 is 2.36 bits per heavy atom. The fourth-order valence-electron chi connectivity index (χ4n) is 6.31. The van der Waals surface area contributed by atoms with Gasteiger partial charge in [-0.05, 0) is 70.3 Å². The summed E-state index contributed by atoms with van der Waals surface area (Å²) in [7, 11) is 0. The lowest BCUT2D eigenvalue weighted by Gasteiger charge is -2.45. The molecule has 5 rings (SSSR count). The lowest BCUT2D eigenvalue weighted by atomic mass is 9.68. The molecule has 0 spiro atoms. The molecule has 42 heavy (non-hydrogen) atoms. The van der Waals surface area contributed by atoms with Crippen molar-refractivity contribution in [3.8, 4) is 5.75 Å². The molecule has 1 aliphatic rings. The number of hydrogen-bond acceptors (Lipinski definition) is 4. The second-order valence-corrected chi connectivity index (χ2v) is 12.1. The van der Waals surface area contributed by atoms with E-state index in [9.17, 15) is 19.8 Å². The first-order valence-electron chi connectivity index (χ1n) is 14.8. The Morgan fingerprint density at radius 1 is 0.905 bits per heavy atom. The van der Waals surface area contributed by atoms with E-state index < -0.39 is 17.9 Å². The van der Waals surface area contributed by atoms with Crippen molar-refractivity contribution in [2.24, 2.45) is 11.8 Å². The highest BCUT2D eigenvalue weighted by atomic mass is 16.4. The van der Waals surface area contributed by atoms with Gasteiger partial charge in [0.25, 0.3) is 0 Å². The summed E-state index contributed by atoms with van der Waals surface area (Å²) in [6.45, 7) is 6.65. The van der Waals surface area contributed by atoms with Gasteiger partial charge in [-0.1, -0.05) is 98.8 Å². The average Bonchev–Trinajstić information content (AvgIpc) is 2.98. The van der Waals surface area contributed by atoms with E-state index in [1.807, 2.05) is 84.9 Å². The first kappa shape index (κ1) is 29.3. The molecule has 1 fully saturated rings. The zero-order valence-electron chi connectivity index (χ0n) is 24.4. The third-order valence-corrected chi connectivity index (χ3v) is 9.12. The standard InChI is InChI=1S/C36H40N2O4/c1-25-23-38(18-17-36(25,2)31-13-8-14-32(39)22-31)24-30(19-26-9-4-3-5-10-26)34(40)37-33(35(41)42)21-27-15-16-28-11-6-7-12-29(28)20-27/h3-16,20,22,25,30,33,39H,17-19,21,23-24H2,1-2H3,(H,37,40)(H,41,42)/t25-,30-,33-,36+/m0/s1. The van der Waals surface area contributed by atoms with E-state index >= 15 is 0 Å². The first-order chi connectivity index (χ1) is 20.2. The van der Waals surface area contributed by atoms with Gasteiger partial charge in [0.1, 0.15) is 11.8 Å². The van der Waals surface area contributed by atoms with Gasteiger partial charge in [-0.25, -0.2) is 4.79 Å². The number of aromatic hydroxyl groups is 1. The zero-order chi connectivity index (χ0) is 29.7. The summed E-state index contributed by atoms with van der Waals surface area (Å²) in [5.41, 5.74) is 2.97. The quantitative estimate of drug-likeness (QED) is 0.226. The van der Waals surface area contributed by atoms with Crippen molar-refractivity contribution < 1.29 is 19.8 Å². The van der Waals surface area contributed by atoms with Crippen LogP contribution in [0.5, 0.6) is 5.75 Å². The topological polar surface area (TPSA) is 89.9 Å². The van der Waals surface area contributed by atoms with Crippen molar-refractivity contribution in [2.75, 3.05) is 19.6 Å². The molecule has 1 amide bonds. The minimum Gasteiger partial charge on any atom is -0.508 e. The maximum absolute atomic E-state index is 13.8. The smallest absolute Gasteiger partial charge is 0.326 e. The van der Waals surface area contributed by atoms with Gasteiger partial charge >= 0.3 is 5.97 Å². The van der Waals surface area contributed by atoms with Crippen LogP contribution < -0.4 is 5.32 Å². The Balaban J connectivity index is 1.31. The summed E-state index contributed by atoms with van der Waals surface area (Å²) >= 11 is 0. The molecule has 4 aromatic carbocycles. The van der Waals surface area contributed by atoms with Crippen LogP contribution in [-0.4, -0.2) is 52.7 Å². The fraction of sp³-hybridized carbons (Fsp3) is 0.333. The second-order valence-electron chi connectivity index (χ2n) is 12.1. The maximum Gasteiger partial charge on any atom is 0.326 e. The highest BCUT2D eigenvalue weighted by molar-refractivity contribution is 5.86. The third kappa shape index (κ3) is 6.82. The summed E-state index contributed by atoms with van der Waals surface area (Å²) in [6, 6.07) is 30.3. The average molecular weight is 565 g/mol. The van der Waals surface area contributed by atoms with Crippen molar-refractivity contribution in [1.82, 2.24) is 10.2 Å². The van der Waals surface area contributed by atoms with Crippen LogP contribution in [0.25, 0.3) is 10.8 Å². The van der Waals surface area contributed by atoms with Gasteiger partial charge in [-0.15, -0.1) is 0 Å². The molecule has 6 nitrogen and oxygen atoms in total. The number of piperidine rings is 1. The molecular formula is C36H40N2O4. The summed E-state index contributed by atoms with van der Waals surface area (Å²) in [6.07, 6.45) is 1.65. The molecule has 0 aliphatic carbocycles. The van der Waals surface area contributed by atoms with Crippen LogP contribution in [0, 0.1) is 11.8 Å². The first-order valence-corrected chi connectivity index (χ1v) is 14.8. The number of carbonyl (C=O) groups is 2. The molecule has 1 aliphatic heterocycles. The SMILES string of the molecule is C[C@H]1CN(C[C@H](Cc2ccccc2)C(=O)N[C@@H](Cc2ccc3ccccc3c2)C(=O)O)CC[C@@]1(C)c1cccc(O)c1. The van der Waals surface area contributed by atoms with Gasteiger partial charge in [0.2, 0.25) is 5.91 Å². The zero-order valence-corrected chi connectivity index (χ0v) is 24.4. The van der Waals surface area contributed by atoms with Crippen molar-refractivity contribution in [3.05, 3.63) is 114 Å². The largest absolute Gasteiger partial charge is 0.508 e. The molecule has 4 aromatic rings. The summed E-state index contributed by atoms with van der Waals surface area (Å²) in [4.78, 5) is 28.4. The molecule has 4 atom stereocenters. The van der Waals surface area contributed by atoms with Crippen LogP contribution in [-0.2, 0) is 27.8 Å². The summed E-state index contributed by atoms with van der Waals surface area (Å²) < 4.78 is 0. The van der Waals surface area contributed by atoms with Crippen LogP contribution >= 0.6 is 0 Å². The van der Waals surface area contributed by atoms with E-state index in [0.29, 0.717) is 18.9 Å². The number of rotatable bonds is 10. The van der Waals surface area contributed by atoms with E-state index in [4.69, 9.17) is 0 Å². The lowest BCUT2D eigenvalue weighted by molar-refractivity contribution is -0.142. The lowest BCUT2D eigenvalue weighted by Crippen LogP contribution is -2.52. The van der Waals surface area contributed by atoms with Crippen molar-refractivity contribution in [2.45, 2.75) is 44.6 Å². The highest BCUT2D eigenvalue weighted by Crippen LogP contribution is 2.40. The Morgan fingerprint density at radius 2 is 1.64 bits per heavy atom. The van der Waals surface area contributed by atoms with Crippen LogP contribution in [0.3, 0.4) is 0 Å². The molecule has 1 saturated heterocycles. The molecule has 6 heteroatoms. The minimum absolute atomic E-state index is 0.0827. The Kier molecular flexibility index (Phi) is 8.93. The number of phenols is 1. The molecule has 1 heterocycles. The predicted molar refractivity (Wildman–Crippen MR) is 167 cm³/mol. The minimum atomic E-state index is -1.04. The van der Waals surface area contributed by atoms with Gasteiger partial charge in [0.05, 0.1) is 5.92 Å². The second kappa shape index (κ2) is 12.8. The van der Waals surface area contributed by atoms with Crippen molar-refractivity contribution in [1.29, 1.82) is 0 Å². The molecule has 0 saturated carbocycles. The van der Waals surface area contributed by atoms with Gasteiger partial charge in [0.15, 0.2) is 0 Å². The molecule has 0 radical (unpaired) electrons. The van der Waals surface area contributed by atoms with Crippen LogP contribution in [0.2, 0.25) is 0 Å². The number of amides is 1. The number of carbonyl (C=O) groups excluding carboxylic acids is 1. The number of hydrogen-bond donors (Lipinski definition) is 3. The number of nitrogens with one attached hydrogen (secondary N) is 1. The molecule has 0 aromatic heterocycles. The van der Waals surface area contributed by atoms with Crippen LogP contribution in [0.15, 0.2) is 97.1 Å². The van der Waals surface area contributed by atoms with Gasteiger partial charge in [-0.2, -0.15) is 0 Å².